The molecule has 0 radical (unpaired) electrons. The predicted molar refractivity (Wildman–Crippen MR) is 91.7 cm³/mol. The molecule has 1 aliphatic heterocycles. The van der Waals surface area contributed by atoms with E-state index < -0.39 is 6.10 Å². The van der Waals surface area contributed by atoms with Crippen LogP contribution in [0.2, 0.25) is 0 Å². The van der Waals surface area contributed by atoms with E-state index in [-0.39, 0.29) is 5.91 Å². The van der Waals surface area contributed by atoms with Crippen molar-refractivity contribution in [3.05, 3.63) is 59.9 Å². The fourth-order valence-electron chi connectivity index (χ4n) is 2.92. The molecule has 3 aromatic rings. The molecule has 0 saturated carbocycles. The molecule has 0 spiro atoms. The second-order valence-corrected chi connectivity index (χ2v) is 5.79. The monoisotopic (exact) mass is 335 g/mol. The van der Waals surface area contributed by atoms with Gasteiger partial charge < -0.3 is 10.1 Å². The lowest BCUT2D eigenvalue weighted by molar-refractivity contribution is -0.122. The fraction of sp³-hybridized carbons (Fsp3) is 0.222. The van der Waals surface area contributed by atoms with E-state index in [1.165, 1.54) is 0 Å². The molecular weight excluding hydrogens is 318 g/mol. The number of nitrogens with one attached hydrogen (secondary N) is 1. The molecule has 0 fully saturated rings. The molecule has 4 rings (SSSR count). The number of aryl methyl sites for hydroxylation is 1. The lowest BCUT2D eigenvalue weighted by Gasteiger charge is -2.14. The highest BCUT2D eigenvalue weighted by molar-refractivity contribution is 5.96. The van der Waals surface area contributed by atoms with Gasteiger partial charge in [0.2, 0.25) is 0 Å². The molecule has 1 atom stereocenters. The predicted octanol–water partition coefficient (Wildman–Crippen LogP) is 2.17. The highest BCUT2D eigenvalue weighted by atomic mass is 16.5. The zero-order chi connectivity index (χ0) is 17.2. The van der Waals surface area contributed by atoms with E-state index in [4.69, 9.17) is 4.74 Å². The van der Waals surface area contributed by atoms with E-state index in [2.05, 4.69) is 20.8 Å². The Balaban J connectivity index is 1.57. The molecule has 0 bridgehead atoms. The summed E-state index contributed by atoms with van der Waals surface area (Å²) in [6.45, 7) is 1.98. The molecule has 1 N–H and O–H groups in total. The van der Waals surface area contributed by atoms with E-state index in [0.717, 1.165) is 22.8 Å². The molecule has 1 aromatic heterocycles. The second kappa shape index (κ2) is 6.35. The number of fused-ring (bicyclic) bond motifs is 1. The van der Waals surface area contributed by atoms with Crippen LogP contribution in [0.25, 0.3) is 5.69 Å². The summed E-state index contributed by atoms with van der Waals surface area (Å²) >= 11 is 0. The minimum absolute atomic E-state index is 0.185. The van der Waals surface area contributed by atoms with Crippen LogP contribution in [0.1, 0.15) is 18.3 Å². The quantitative estimate of drug-likeness (QED) is 0.790. The molecule has 2 heterocycles. The molecule has 0 saturated heterocycles. The number of hydrogen-bond acceptors (Lipinski definition) is 5. The number of aromatic nitrogens is 4. The van der Waals surface area contributed by atoms with Gasteiger partial charge in [0.05, 0.1) is 11.4 Å². The molecule has 25 heavy (non-hydrogen) atoms. The summed E-state index contributed by atoms with van der Waals surface area (Å²) in [5.74, 6) is 1.31. The van der Waals surface area contributed by atoms with Gasteiger partial charge in [-0.3, -0.25) is 4.79 Å². The van der Waals surface area contributed by atoms with Crippen LogP contribution in [0.3, 0.4) is 0 Å². The number of ether oxygens (including phenoxy) is 1. The molecule has 1 amide bonds. The number of carbonyl (C=O) groups excluding carboxylic acids is 1. The number of amides is 1. The first-order valence-corrected chi connectivity index (χ1v) is 8.18. The Kier molecular flexibility index (Phi) is 3.89. The van der Waals surface area contributed by atoms with Gasteiger partial charge >= 0.3 is 0 Å². The summed E-state index contributed by atoms with van der Waals surface area (Å²) in [6.07, 6.45) is 0.718. The van der Waals surface area contributed by atoms with E-state index in [0.29, 0.717) is 18.5 Å². The highest BCUT2D eigenvalue weighted by Gasteiger charge is 2.29. The van der Waals surface area contributed by atoms with Gasteiger partial charge in [0.1, 0.15) is 5.75 Å². The number of para-hydroxylation sites is 3. The molecule has 2 aromatic carbocycles. The third-order valence-electron chi connectivity index (χ3n) is 4.18. The van der Waals surface area contributed by atoms with Crippen molar-refractivity contribution in [3.63, 3.8) is 0 Å². The van der Waals surface area contributed by atoms with Crippen molar-refractivity contribution in [1.82, 2.24) is 20.2 Å². The van der Waals surface area contributed by atoms with Crippen LogP contribution in [-0.4, -0.2) is 32.2 Å². The third-order valence-corrected chi connectivity index (χ3v) is 4.18. The number of carbonyl (C=O) groups is 1. The maximum atomic E-state index is 12.7. The van der Waals surface area contributed by atoms with Gasteiger partial charge in [0, 0.05) is 12.8 Å². The Morgan fingerprint density at radius 2 is 2.04 bits per heavy atom. The SMILES string of the molecule is CCc1nnnn1-c1ccccc1NC(=O)[C@H]1Cc2ccccc2O1. The van der Waals surface area contributed by atoms with E-state index in [9.17, 15) is 4.79 Å². The van der Waals surface area contributed by atoms with Crippen molar-refractivity contribution in [2.24, 2.45) is 0 Å². The summed E-state index contributed by atoms with van der Waals surface area (Å²) in [7, 11) is 0. The van der Waals surface area contributed by atoms with Crippen molar-refractivity contribution in [3.8, 4) is 11.4 Å². The first-order valence-electron chi connectivity index (χ1n) is 8.18. The summed E-state index contributed by atoms with van der Waals surface area (Å²) in [5.41, 5.74) is 2.42. The largest absolute Gasteiger partial charge is 0.480 e. The number of rotatable bonds is 4. The molecule has 0 aliphatic carbocycles. The van der Waals surface area contributed by atoms with E-state index >= 15 is 0 Å². The van der Waals surface area contributed by atoms with Gasteiger partial charge in [0.15, 0.2) is 11.9 Å². The lowest BCUT2D eigenvalue weighted by atomic mass is 10.1. The zero-order valence-electron chi connectivity index (χ0n) is 13.7. The van der Waals surface area contributed by atoms with Gasteiger partial charge in [0.25, 0.3) is 5.91 Å². The van der Waals surface area contributed by atoms with Gasteiger partial charge in [-0.05, 0) is 34.2 Å². The lowest BCUT2D eigenvalue weighted by Crippen LogP contribution is -2.31. The zero-order valence-corrected chi connectivity index (χ0v) is 13.7. The van der Waals surface area contributed by atoms with Crippen LogP contribution < -0.4 is 10.1 Å². The highest BCUT2D eigenvalue weighted by Crippen LogP contribution is 2.29. The maximum Gasteiger partial charge on any atom is 0.265 e. The van der Waals surface area contributed by atoms with Crippen molar-refractivity contribution >= 4 is 11.6 Å². The number of anilines is 1. The normalized spacial score (nSPS) is 15.5. The maximum absolute atomic E-state index is 12.7. The molecule has 0 unspecified atom stereocenters. The van der Waals surface area contributed by atoms with Crippen LogP contribution in [0.4, 0.5) is 5.69 Å². The van der Waals surface area contributed by atoms with Crippen molar-refractivity contribution in [1.29, 1.82) is 0 Å². The second-order valence-electron chi connectivity index (χ2n) is 5.79. The number of nitrogens with zero attached hydrogens (tertiary/aromatic N) is 4. The topological polar surface area (TPSA) is 81.9 Å². The summed E-state index contributed by atoms with van der Waals surface area (Å²) in [6, 6.07) is 15.1. The first-order chi connectivity index (χ1) is 12.3. The smallest absolute Gasteiger partial charge is 0.265 e. The molecular formula is C18H17N5O2. The number of benzene rings is 2. The first kappa shape index (κ1) is 15.3. The number of hydrogen-bond donors (Lipinski definition) is 1. The molecule has 7 heteroatoms. The Hall–Kier alpha value is -3.22. The van der Waals surface area contributed by atoms with Gasteiger partial charge in [-0.25, -0.2) is 0 Å². The Labute approximate surface area is 144 Å². The third kappa shape index (κ3) is 2.84. The van der Waals surface area contributed by atoms with E-state index in [1.807, 2.05) is 55.5 Å². The Morgan fingerprint density at radius 1 is 1.24 bits per heavy atom. The van der Waals surface area contributed by atoms with Crippen molar-refractivity contribution in [2.45, 2.75) is 25.9 Å². The molecule has 7 nitrogen and oxygen atoms in total. The summed E-state index contributed by atoms with van der Waals surface area (Å²) < 4.78 is 7.40. The number of tetrazole rings is 1. The van der Waals surface area contributed by atoms with E-state index in [1.54, 1.807) is 4.68 Å². The minimum atomic E-state index is -0.537. The summed E-state index contributed by atoms with van der Waals surface area (Å²) in [5, 5.41) is 14.7. The molecule has 126 valence electrons. The average Bonchev–Trinajstić information content (AvgIpc) is 3.28. The fourth-order valence-corrected chi connectivity index (χ4v) is 2.92. The van der Waals surface area contributed by atoms with Crippen molar-refractivity contribution in [2.75, 3.05) is 5.32 Å². The Morgan fingerprint density at radius 3 is 2.88 bits per heavy atom. The van der Waals surface area contributed by atoms with Crippen LogP contribution >= 0.6 is 0 Å². The van der Waals surface area contributed by atoms with Crippen LogP contribution in [0.15, 0.2) is 48.5 Å². The van der Waals surface area contributed by atoms with Gasteiger partial charge in [-0.15, -0.1) is 5.10 Å². The van der Waals surface area contributed by atoms with Gasteiger partial charge in [-0.1, -0.05) is 37.3 Å². The summed E-state index contributed by atoms with van der Waals surface area (Å²) in [4.78, 5) is 12.7. The van der Waals surface area contributed by atoms with Crippen LogP contribution in [-0.2, 0) is 17.6 Å². The standard InChI is InChI=1S/C18H17N5O2/c1-2-17-20-21-22-23(17)14-9-5-4-8-13(14)19-18(24)16-11-12-7-3-6-10-15(12)25-16/h3-10,16H,2,11H2,1H3,(H,19,24)/t16-/m1/s1. The average molecular weight is 335 g/mol. The minimum Gasteiger partial charge on any atom is -0.480 e. The van der Waals surface area contributed by atoms with Crippen molar-refractivity contribution < 1.29 is 9.53 Å². The van der Waals surface area contributed by atoms with Crippen LogP contribution in [0, 0.1) is 0 Å². The molecule has 1 aliphatic rings. The Bertz CT molecular complexity index is 896. The van der Waals surface area contributed by atoms with Crippen LogP contribution in [0.5, 0.6) is 5.75 Å². The van der Waals surface area contributed by atoms with Gasteiger partial charge in [-0.2, -0.15) is 4.68 Å².